The number of halogens is 1. The molecule has 1 aromatic carbocycles. The highest BCUT2D eigenvalue weighted by Gasteiger charge is 2.17. The van der Waals surface area contributed by atoms with Gasteiger partial charge in [0.15, 0.2) is 18.1 Å². The largest absolute Gasteiger partial charge is 0.454 e. The number of carbonyl (C=O) groups is 2. The number of amides is 1. The molecule has 1 heterocycles. The van der Waals surface area contributed by atoms with Crippen LogP contribution in [0, 0.1) is 0 Å². The summed E-state index contributed by atoms with van der Waals surface area (Å²) in [5.74, 6) is 0.0804. The van der Waals surface area contributed by atoms with Gasteiger partial charge in [0.05, 0.1) is 5.02 Å². The molecule has 124 valence electrons. The van der Waals surface area contributed by atoms with E-state index in [0.29, 0.717) is 22.1 Å². The van der Waals surface area contributed by atoms with E-state index in [1.807, 2.05) is 13.8 Å². The molecule has 1 atom stereocenters. The number of ether oxygens (including phenoxy) is 3. The molecule has 0 aromatic heterocycles. The Morgan fingerprint density at radius 1 is 1.43 bits per heavy atom. The van der Waals surface area contributed by atoms with E-state index in [1.54, 1.807) is 12.1 Å². The van der Waals surface area contributed by atoms with Gasteiger partial charge in [-0.25, -0.2) is 4.79 Å². The minimum Gasteiger partial charge on any atom is -0.454 e. The van der Waals surface area contributed by atoms with E-state index in [1.165, 1.54) is 12.2 Å². The Kier molecular flexibility index (Phi) is 5.87. The highest BCUT2D eigenvalue weighted by molar-refractivity contribution is 6.32. The van der Waals surface area contributed by atoms with Gasteiger partial charge in [-0.15, -0.1) is 0 Å². The Hall–Kier alpha value is -2.21. The van der Waals surface area contributed by atoms with E-state index in [0.717, 1.165) is 6.42 Å². The van der Waals surface area contributed by atoms with Crippen LogP contribution in [0.3, 0.4) is 0 Å². The number of rotatable bonds is 6. The number of esters is 1. The van der Waals surface area contributed by atoms with Crippen molar-refractivity contribution in [2.24, 2.45) is 0 Å². The summed E-state index contributed by atoms with van der Waals surface area (Å²) >= 11 is 6.05. The second-order valence-corrected chi connectivity index (χ2v) is 5.46. The summed E-state index contributed by atoms with van der Waals surface area (Å²) in [4.78, 5) is 23.1. The van der Waals surface area contributed by atoms with Crippen LogP contribution in [0.15, 0.2) is 18.2 Å². The molecule has 0 spiro atoms. The van der Waals surface area contributed by atoms with E-state index in [-0.39, 0.29) is 25.3 Å². The van der Waals surface area contributed by atoms with Crippen molar-refractivity contribution in [1.82, 2.24) is 5.32 Å². The third kappa shape index (κ3) is 4.89. The highest BCUT2D eigenvalue weighted by Crippen LogP contribution is 2.40. The minimum absolute atomic E-state index is 0.0486. The monoisotopic (exact) mass is 339 g/mol. The topological polar surface area (TPSA) is 73.9 Å². The fraction of sp³-hybridized carbons (Fsp3) is 0.375. The van der Waals surface area contributed by atoms with Crippen molar-refractivity contribution in [1.29, 1.82) is 0 Å². The first-order chi connectivity index (χ1) is 11.0. The summed E-state index contributed by atoms with van der Waals surface area (Å²) in [5, 5.41) is 3.11. The van der Waals surface area contributed by atoms with Crippen molar-refractivity contribution in [2.45, 2.75) is 26.3 Å². The van der Waals surface area contributed by atoms with Crippen LogP contribution < -0.4 is 14.8 Å². The lowest BCUT2D eigenvalue weighted by Gasteiger charge is -2.10. The number of nitrogens with one attached hydrogen (secondary N) is 1. The zero-order chi connectivity index (χ0) is 16.8. The Morgan fingerprint density at radius 3 is 2.96 bits per heavy atom. The molecule has 0 aliphatic carbocycles. The molecule has 23 heavy (non-hydrogen) atoms. The van der Waals surface area contributed by atoms with Crippen molar-refractivity contribution in [2.75, 3.05) is 13.4 Å². The molecular weight excluding hydrogens is 322 g/mol. The lowest BCUT2D eigenvalue weighted by Crippen LogP contribution is -2.35. The fourth-order valence-corrected chi connectivity index (χ4v) is 2.12. The molecule has 1 aliphatic rings. The summed E-state index contributed by atoms with van der Waals surface area (Å²) in [5.41, 5.74) is 0.667. The first-order valence-electron chi connectivity index (χ1n) is 7.23. The summed E-state index contributed by atoms with van der Waals surface area (Å²) in [7, 11) is 0. The molecule has 7 heteroatoms. The highest BCUT2D eigenvalue weighted by atomic mass is 35.5. The molecule has 0 radical (unpaired) electrons. The average Bonchev–Trinajstić information content (AvgIpc) is 2.99. The number of hydrogen-bond acceptors (Lipinski definition) is 5. The van der Waals surface area contributed by atoms with Crippen molar-refractivity contribution < 1.29 is 23.8 Å². The second-order valence-electron chi connectivity index (χ2n) is 5.05. The normalized spacial score (nSPS) is 13.9. The van der Waals surface area contributed by atoms with Gasteiger partial charge in [-0.3, -0.25) is 4.79 Å². The van der Waals surface area contributed by atoms with Crippen molar-refractivity contribution >= 4 is 29.6 Å². The van der Waals surface area contributed by atoms with Crippen LogP contribution in [0.5, 0.6) is 11.5 Å². The molecular formula is C16H18ClNO5. The smallest absolute Gasteiger partial charge is 0.331 e. The van der Waals surface area contributed by atoms with Crippen molar-refractivity contribution in [3.63, 3.8) is 0 Å². The maximum atomic E-state index is 11.6. The molecule has 1 aromatic rings. The lowest BCUT2D eigenvalue weighted by molar-refractivity contribution is -0.144. The molecule has 0 saturated carbocycles. The SMILES string of the molecule is CC[C@H](C)NC(=O)COC(=O)/C=C/c1cc(Cl)c2c(c1)OCO2. The summed E-state index contributed by atoms with van der Waals surface area (Å²) in [6.07, 6.45) is 3.57. The van der Waals surface area contributed by atoms with Gasteiger partial charge >= 0.3 is 5.97 Å². The van der Waals surface area contributed by atoms with Crippen LogP contribution in [0.1, 0.15) is 25.8 Å². The Morgan fingerprint density at radius 2 is 2.22 bits per heavy atom. The zero-order valence-corrected chi connectivity index (χ0v) is 13.7. The predicted octanol–water partition coefficient (Wildman–Crippen LogP) is 2.54. The molecule has 1 N–H and O–H groups in total. The van der Waals surface area contributed by atoms with Crippen LogP contribution >= 0.6 is 11.6 Å². The third-order valence-electron chi connectivity index (χ3n) is 3.23. The van der Waals surface area contributed by atoms with E-state index >= 15 is 0 Å². The van der Waals surface area contributed by atoms with Crippen LogP contribution in [0.2, 0.25) is 5.02 Å². The number of hydrogen-bond donors (Lipinski definition) is 1. The van der Waals surface area contributed by atoms with Crippen molar-refractivity contribution in [3.05, 3.63) is 28.8 Å². The van der Waals surface area contributed by atoms with Crippen LogP contribution in [-0.2, 0) is 14.3 Å². The van der Waals surface area contributed by atoms with Gasteiger partial charge in [-0.1, -0.05) is 18.5 Å². The van der Waals surface area contributed by atoms with E-state index in [9.17, 15) is 9.59 Å². The number of fused-ring (bicyclic) bond motifs is 1. The molecule has 1 aliphatic heterocycles. The van der Waals surface area contributed by atoms with Gasteiger partial charge in [-0.05, 0) is 37.1 Å². The van der Waals surface area contributed by atoms with E-state index in [2.05, 4.69) is 5.32 Å². The number of benzene rings is 1. The fourth-order valence-electron chi connectivity index (χ4n) is 1.85. The Labute approximate surface area is 139 Å². The summed E-state index contributed by atoms with van der Waals surface area (Å²) in [6, 6.07) is 3.40. The molecule has 0 saturated heterocycles. The molecule has 0 fully saturated rings. The third-order valence-corrected chi connectivity index (χ3v) is 3.51. The van der Waals surface area contributed by atoms with Gasteiger partial charge in [0, 0.05) is 12.1 Å². The van der Waals surface area contributed by atoms with Crippen LogP contribution in [-0.4, -0.2) is 31.3 Å². The molecule has 2 rings (SSSR count). The molecule has 0 unspecified atom stereocenters. The van der Waals surface area contributed by atoms with Crippen LogP contribution in [0.4, 0.5) is 0 Å². The molecule has 0 bridgehead atoms. The van der Waals surface area contributed by atoms with Gasteiger partial charge in [0.2, 0.25) is 6.79 Å². The quantitative estimate of drug-likeness (QED) is 0.637. The Balaban J connectivity index is 1.87. The lowest BCUT2D eigenvalue weighted by atomic mass is 10.2. The van der Waals surface area contributed by atoms with Crippen molar-refractivity contribution in [3.8, 4) is 11.5 Å². The summed E-state index contributed by atoms with van der Waals surface area (Å²) in [6.45, 7) is 3.64. The van der Waals surface area contributed by atoms with Gasteiger partial charge < -0.3 is 19.5 Å². The van der Waals surface area contributed by atoms with Crippen LogP contribution in [0.25, 0.3) is 6.08 Å². The first-order valence-corrected chi connectivity index (χ1v) is 7.60. The van der Waals surface area contributed by atoms with Gasteiger partial charge in [0.25, 0.3) is 5.91 Å². The number of carbonyl (C=O) groups excluding carboxylic acids is 2. The average molecular weight is 340 g/mol. The summed E-state index contributed by atoms with van der Waals surface area (Å²) < 4.78 is 15.3. The zero-order valence-electron chi connectivity index (χ0n) is 12.9. The first kappa shape index (κ1) is 17.1. The van der Waals surface area contributed by atoms with E-state index < -0.39 is 5.97 Å². The second kappa shape index (κ2) is 7.87. The predicted molar refractivity (Wildman–Crippen MR) is 85.5 cm³/mol. The Bertz CT molecular complexity index is 629. The standard InChI is InChI=1S/C16H18ClNO5/c1-3-10(2)18-14(19)8-21-15(20)5-4-11-6-12(17)16-13(7-11)22-9-23-16/h4-7,10H,3,8-9H2,1-2H3,(H,18,19)/b5-4+/t10-/m0/s1. The molecule has 1 amide bonds. The van der Waals surface area contributed by atoms with Gasteiger partial charge in [-0.2, -0.15) is 0 Å². The maximum Gasteiger partial charge on any atom is 0.331 e. The minimum atomic E-state index is -0.613. The molecule has 6 nitrogen and oxygen atoms in total. The maximum absolute atomic E-state index is 11.6. The van der Waals surface area contributed by atoms with E-state index in [4.69, 9.17) is 25.8 Å². The van der Waals surface area contributed by atoms with Gasteiger partial charge in [0.1, 0.15) is 0 Å².